The Hall–Kier alpha value is -1.72. The molecule has 1 aliphatic heterocycles. The van der Waals surface area contributed by atoms with E-state index in [9.17, 15) is 4.79 Å². The average Bonchev–Trinajstić information content (AvgIpc) is 2.96. The molecule has 1 fully saturated rings. The average molecular weight is 343 g/mol. The summed E-state index contributed by atoms with van der Waals surface area (Å²) in [6, 6.07) is 8.79. The summed E-state index contributed by atoms with van der Waals surface area (Å²) < 4.78 is 0. The van der Waals surface area contributed by atoms with E-state index in [0.717, 1.165) is 47.1 Å². The van der Waals surface area contributed by atoms with Gasteiger partial charge in [0.1, 0.15) is 0 Å². The summed E-state index contributed by atoms with van der Waals surface area (Å²) in [6.07, 6.45) is 2.67. The number of likely N-dealkylation sites (N-methyl/N-ethyl adjacent to an activating group) is 1. The Morgan fingerprint density at radius 1 is 1.33 bits per heavy atom. The number of nitrogens with one attached hydrogen (secondary N) is 1. The summed E-state index contributed by atoms with van der Waals surface area (Å²) in [5, 5.41) is 4.31. The molecule has 0 radical (unpaired) electrons. The third-order valence-corrected chi connectivity index (χ3v) is 5.59. The van der Waals surface area contributed by atoms with Gasteiger partial charge in [-0.3, -0.25) is 4.79 Å². The molecule has 2 heterocycles. The van der Waals surface area contributed by atoms with Gasteiger partial charge in [-0.1, -0.05) is 29.8 Å². The van der Waals surface area contributed by atoms with Gasteiger partial charge in [0.15, 0.2) is 0 Å². The molecule has 3 rings (SSSR count). The van der Waals surface area contributed by atoms with Crippen molar-refractivity contribution in [1.82, 2.24) is 15.2 Å². The van der Waals surface area contributed by atoms with Gasteiger partial charge in [0.05, 0.1) is 17.1 Å². The molecular formula is C19H25N3OS. The van der Waals surface area contributed by atoms with Crippen molar-refractivity contribution in [2.75, 3.05) is 20.1 Å². The first-order chi connectivity index (χ1) is 11.6. The van der Waals surface area contributed by atoms with Crippen molar-refractivity contribution < 1.29 is 4.79 Å². The van der Waals surface area contributed by atoms with Gasteiger partial charge in [-0.25, -0.2) is 4.98 Å². The zero-order chi connectivity index (χ0) is 17.1. The summed E-state index contributed by atoms with van der Waals surface area (Å²) in [5.74, 6) is 0.215. The lowest BCUT2D eigenvalue weighted by atomic mass is 10.0. The lowest BCUT2D eigenvalue weighted by molar-refractivity contribution is -0.131. The molecule has 0 bridgehead atoms. The van der Waals surface area contributed by atoms with Gasteiger partial charge in [0, 0.05) is 29.6 Å². The van der Waals surface area contributed by atoms with Crippen LogP contribution in [-0.2, 0) is 11.2 Å². The summed E-state index contributed by atoms with van der Waals surface area (Å²) in [7, 11) is 1.97. The number of hydrogen-bond acceptors (Lipinski definition) is 4. The van der Waals surface area contributed by atoms with E-state index in [0.29, 0.717) is 12.5 Å². The van der Waals surface area contributed by atoms with Crippen molar-refractivity contribution >= 4 is 17.2 Å². The van der Waals surface area contributed by atoms with Gasteiger partial charge in [0.2, 0.25) is 5.91 Å². The molecule has 1 atom stereocenters. The molecule has 128 valence electrons. The van der Waals surface area contributed by atoms with E-state index < -0.39 is 0 Å². The predicted octanol–water partition coefficient (Wildman–Crippen LogP) is 3.18. The number of likely N-dealkylation sites (tertiary alicyclic amines) is 1. The van der Waals surface area contributed by atoms with E-state index in [1.165, 1.54) is 5.56 Å². The standard InChI is InChI=1S/C19H25N3OS/c1-13-6-8-15(9-7-13)19-17(24-14(2)21-19)11-18(23)22-10-4-5-16(12-22)20-3/h6-9,16,20H,4-5,10-12H2,1-3H3. The maximum Gasteiger partial charge on any atom is 0.227 e. The van der Waals surface area contributed by atoms with Crippen LogP contribution in [-0.4, -0.2) is 42.0 Å². The quantitative estimate of drug-likeness (QED) is 0.927. The number of carbonyl (C=O) groups is 1. The minimum atomic E-state index is 0.215. The Morgan fingerprint density at radius 3 is 2.79 bits per heavy atom. The van der Waals surface area contributed by atoms with Crippen LogP contribution in [0, 0.1) is 13.8 Å². The second kappa shape index (κ2) is 7.45. The fourth-order valence-electron chi connectivity index (χ4n) is 3.21. The van der Waals surface area contributed by atoms with Crippen LogP contribution < -0.4 is 5.32 Å². The van der Waals surface area contributed by atoms with Crippen molar-refractivity contribution in [3.63, 3.8) is 0 Å². The molecule has 1 aromatic carbocycles. The zero-order valence-electron chi connectivity index (χ0n) is 14.6. The van der Waals surface area contributed by atoms with Crippen LogP contribution in [0.2, 0.25) is 0 Å². The maximum atomic E-state index is 12.8. The van der Waals surface area contributed by atoms with Crippen LogP contribution in [0.1, 0.15) is 28.3 Å². The Morgan fingerprint density at radius 2 is 2.08 bits per heavy atom. The zero-order valence-corrected chi connectivity index (χ0v) is 15.4. The molecule has 1 amide bonds. The highest BCUT2D eigenvalue weighted by Gasteiger charge is 2.24. The van der Waals surface area contributed by atoms with Gasteiger partial charge >= 0.3 is 0 Å². The lowest BCUT2D eigenvalue weighted by Gasteiger charge is -2.32. The normalized spacial score (nSPS) is 18.0. The van der Waals surface area contributed by atoms with Crippen LogP contribution in [0.15, 0.2) is 24.3 Å². The van der Waals surface area contributed by atoms with E-state index >= 15 is 0 Å². The largest absolute Gasteiger partial charge is 0.341 e. The van der Waals surface area contributed by atoms with Crippen LogP contribution in [0.4, 0.5) is 0 Å². The number of carbonyl (C=O) groups excluding carboxylic acids is 1. The van der Waals surface area contributed by atoms with Crippen molar-refractivity contribution in [3.8, 4) is 11.3 Å². The predicted molar refractivity (Wildman–Crippen MR) is 99.4 cm³/mol. The number of aromatic nitrogens is 1. The van der Waals surface area contributed by atoms with E-state index in [2.05, 4.69) is 41.5 Å². The third-order valence-electron chi connectivity index (χ3n) is 4.62. The van der Waals surface area contributed by atoms with Crippen LogP contribution in [0.25, 0.3) is 11.3 Å². The van der Waals surface area contributed by atoms with Crippen molar-refractivity contribution in [2.24, 2.45) is 0 Å². The van der Waals surface area contributed by atoms with Crippen molar-refractivity contribution in [3.05, 3.63) is 39.7 Å². The van der Waals surface area contributed by atoms with E-state index in [-0.39, 0.29) is 5.91 Å². The first-order valence-corrected chi connectivity index (χ1v) is 9.37. The van der Waals surface area contributed by atoms with E-state index in [1.54, 1.807) is 11.3 Å². The fourth-order valence-corrected chi connectivity index (χ4v) is 4.16. The van der Waals surface area contributed by atoms with Gasteiger partial charge in [0.25, 0.3) is 0 Å². The Bertz CT molecular complexity index is 708. The lowest BCUT2D eigenvalue weighted by Crippen LogP contribution is -2.47. The summed E-state index contributed by atoms with van der Waals surface area (Å²) in [6.45, 7) is 5.77. The van der Waals surface area contributed by atoms with Gasteiger partial charge in [-0.05, 0) is 33.7 Å². The minimum absolute atomic E-state index is 0.215. The Labute approximate surface area is 147 Å². The summed E-state index contributed by atoms with van der Waals surface area (Å²) in [4.78, 5) is 20.5. The van der Waals surface area contributed by atoms with E-state index in [1.807, 2.05) is 18.9 Å². The number of hydrogen-bond donors (Lipinski definition) is 1. The topological polar surface area (TPSA) is 45.2 Å². The first-order valence-electron chi connectivity index (χ1n) is 8.55. The number of aryl methyl sites for hydroxylation is 2. The number of thiazole rings is 1. The second-order valence-electron chi connectivity index (χ2n) is 6.52. The van der Waals surface area contributed by atoms with Crippen molar-refractivity contribution in [1.29, 1.82) is 0 Å². The van der Waals surface area contributed by atoms with Crippen LogP contribution in [0.3, 0.4) is 0 Å². The number of benzene rings is 1. The molecule has 1 N–H and O–H groups in total. The molecule has 0 spiro atoms. The molecule has 0 saturated carbocycles. The molecule has 1 aromatic heterocycles. The van der Waals surface area contributed by atoms with Crippen molar-refractivity contribution in [2.45, 2.75) is 39.2 Å². The highest BCUT2D eigenvalue weighted by Crippen LogP contribution is 2.29. The van der Waals surface area contributed by atoms with Crippen LogP contribution in [0.5, 0.6) is 0 Å². The molecule has 4 nitrogen and oxygen atoms in total. The third kappa shape index (κ3) is 3.84. The second-order valence-corrected chi connectivity index (χ2v) is 7.80. The highest BCUT2D eigenvalue weighted by molar-refractivity contribution is 7.12. The fraction of sp³-hybridized carbons (Fsp3) is 0.474. The molecular weight excluding hydrogens is 318 g/mol. The van der Waals surface area contributed by atoms with Gasteiger partial charge in [-0.15, -0.1) is 11.3 Å². The molecule has 24 heavy (non-hydrogen) atoms. The molecule has 2 aromatic rings. The Balaban J connectivity index is 1.77. The smallest absolute Gasteiger partial charge is 0.227 e. The molecule has 1 unspecified atom stereocenters. The maximum absolute atomic E-state index is 12.8. The molecule has 5 heteroatoms. The number of piperidine rings is 1. The summed E-state index contributed by atoms with van der Waals surface area (Å²) in [5.41, 5.74) is 3.29. The molecule has 0 aliphatic carbocycles. The number of nitrogens with zero attached hydrogens (tertiary/aromatic N) is 2. The number of amides is 1. The minimum Gasteiger partial charge on any atom is -0.341 e. The molecule has 1 saturated heterocycles. The number of rotatable bonds is 4. The van der Waals surface area contributed by atoms with Gasteiger partial charge in [-0.2, -0.15) is 0 Å². The highest BCUT2D eigenvalue weighted by atomic mass is 32.1. The first kappa shape index (κ1) is 17.1. The molecule has 1 aliphatic rings. The SMILES string of the molecule is CNC1CCCN(C(=O)Cc2sc(C)nc2-c2ccc(C)cc2)C1. The monoisotopic (exact) mass is 343 g/mol. The van der Waals surface area contributed by atoms with Gasteiger partial charge < -0.3 is 10.2 Å². The van der Waals surface area contributed by atoms with Crippen LogP contribution >= 0.6 is 11.3 Å². The Kier molecular flexibility index (Phi) is 5.31. The van der Waals surface area contributed by atoms with E-state index in [4.69, 9.17) is 0 Å². The summed E-state index contributed by atoms with van der Waals surface area (Å²) >= 11 is 1.64.